The van der Waals surface area contributed by atoms with Gasteiger partial charge in [-0.3, -0.25) is 9.59 Å². The molecule has 0 aromatic heterocycles. The van der Waals surface area contributed by atoms with Gasteiger partial charge in [0.15, 0.2) is 25.2 Å². The van der Waals surface area contributed by atoms with E-state index in [0.717, 1.165) is 44.6 Å². The van der Waals surface area contributed by atoms with Crippen LogP contribution in [0.5, 0.6) is 0 Å². The van der Waals surface area contributed by atoms with Crippen molar-refractivity contribution in [2.24, 2.45) is 46.3 Å². The number of fused-ring (bicyclic) bond motifs is 5. The van der Waals surface area contributed by atoms with E-state index < -0.39 is 167 Å². The average molecular weight is 1090 g/mol. The van der Waals surface area contributed by atoms with Gasteiger partial charge in [-0.05, 0) is 84.5 Å². The van der Waals surface area contributed by atoms with Crippen molar-refractivity contribution in [1.29, 1.82) is 0 Å². The van der Waals surface area contributed by atoms with Crippen LogP contribution in [0.3, 0.4) is 0 Å². The third-order valence-corrected chi connectivity index (χ3v) is 18.5. The summed E-state index contributed by atoms with van der Waals surface area (Å²) >= 11 is 0. The van der Waals surface area contributed by atoms with Crippen LogP contribution >= 0.6 is 0 Å². The lowest BCUT2D eigenvalue weighted by atomic mass is 9.46. The molecule has 7 fully saturated rings. The van der Waals surface area contributed by atoms with E-state index in [-0.39, 0.29) is 53.8 Å². The largest absolute Gasteiger partial charge is 0.463 e. The number of hydrogen-bond acceptors (Lipinski definition) is 24. The first-order valence-electron chi connectivity index (χ1n) is 27.2. The fraction of sp³-hybridized carbons (Fsp3) is 0.923. The van der Waals surface area contributed by atoms with E-state index >= 15 is 0 Å². The van der Waals surface area contributed by atoms with Gasteiger partial charge in [-0.15, -0.1) is 0 Å². The summed E-state index contributed by atoms with van der Waals surface area (Å²) in [5.74, 6) is -0.0340. The molecule has 4 aliphatic heterocycles. The van der Waals surface area contributed by atoms with Gasteiger partial charge in [-0.1, -0.05) is 46.6 Å². The molecule has 0 amide bonds. The molecule has 76 heavy (non-hydrogen) atoms. The van der Waals surface area contributed by atoms with E-state index in [9.17, 15) is 76.0 Å². The van der Waals surface area contributed by atoms with Crippen molar-refractivity contribution in [3.63, 3.8) is 0 Å². The minimum atomic E-state index is -2.03. The number of allylic oxidation sites excluding steroid dienone is 1. The molecule has 0 aromatic carbocycles. The lowest BCUT2D eigenvalue weighted by Gasteiger charge is -2.59. The van der Waals surface area contributed by atoms with Gasteiger partial charge in [0.2, 0.25) is 0 Å². The number of Topliss-reactive ketones (excluding diaryl/α,β-unsaturated/α-hetero) is 1. The molecule has 0 aromatic rings. The second-order valence-corrected chi connectivity index (χ2v) is 23.6. The molecule has 3 saturated carbocycles. The number of ether oxygens (including phenoxy) is 9. The highest BCUT2D eigenvalue weighted by molar-refractivity contribution is 5.85. The van der Waals surface area contributed by atoms with Crippen LogP contribution in [0.25, 0.3) is 0 Å². The standard InChI is InChI=1S/C52H84O24/c1-21(2)7-6-8-23(16-53)27-15-28(57)34-24-9-10-26-35(59)30(12-14-51(26,4)25(24)11-13-52(27,34)5)70-50-43(67)46(45(33(73-50)20-68-22(3)56)75-49-41(65)39(63)37(61)32(18-55)72-49)76-47-42(66)44(29(58)19-69-47)74-48-40(64)38(62)36(60)31(17-54)71-48/h10,21,23-25,27,29-50,53-55,58-67H,6-9,11-20H2,1-5H3/t23-,24+,25-,27+,29+,30-,31+,32+,33+,34+,35+,36-,37-,38-,39-,40+,41+,42-,43+,44+,45+,46+,47-,48-,49-,50+,51+,52+/m0/s1. The number of aliphatic hydroxyl groups is 13. The zero-order chi connectivity index (χ0) is 55.3. The first-order chi connectivity index (χ1) is 36.0. The Hall–Kier alpha value is -1.96. The van der Waals surface area contributed by atoms with Gasteiger partial charge in [-0.25, -0.2) is 0 Å². The second-order valence-electron chi connectivity index (χ2n) is 23.6. The summed E-state index contributed by atoms with van der Waals surface area (Å²) in [6, 6.07) is 0. The quantitative estimate of drug-likeness (QED) is 0.0481. The smallest absolute Gasteiger partial charge is 0.302 e. The van der Waals surface area contributed by atoms with E-state index in [1.54, 1.807) is 0 Å². The molecular weight excluding hydrogens is 1010 g/mol. The second kappa shape index (κ2) is 24.6. The highest BCUT2D eigenvalue weighted by Gasteiger charge is 2.64. The Kier molecular flexibility index (Phi) is 19.5. The Morgan fingerprint density at radius 2 is 1.28 bits per heavy atom. The Balaban J connectivity index is 1.04. The van der Waals surface area contributed by atoms with E-state index in [1.807, 2.05) is 6.08 Å². The van der Waals surface area contributed by atoms with Gasteiger partial charge < -0.3 is 109 Å². The lowest BCUT2D eigenvalue weighted by Crippen LogP contribution is -2.67. The van der Waals surface area contributed by atoms with Crippen molar-refractivity contribution in [3.05, 3.63) is 11.6 Å². The summed E-state index contributed by atoms with van der Waals surface area (Å²) in [5, 5.41) is 142. The number of carbonyl (C=O) groups is 2. The molecule has 0 bridgehead atoms. The fourth-order valence-electron chi connectivity index (χ4n) is 14.3. The van der Waals surface area contributed by atoms with E-state index in [1.165, 1.54) is 0 Å². The van der Waals surface area contributed by atoms with Gasteiger partial charge in [0.1, 0.15) is 110 Å². The van der Waals surface area contributed by atoms with E-state index in [2.05, 4.69) is 27.7 Å². The molecule has 4 aliphatic carbocycles. The Bertz CT molecular complexity index is 1980. The normalized spacial score (nSPS) is 49.1. The maximum atomic E-state index is 14.2. The SMILES string of the molecule is CC(=O)OC[C@H]1O[C@@H](O[C@H]2CC[C@@]3(C)C(=CC[C@H]4[C@@H]5C(=O)C[C@H]([C@H](CO)CCCC(C)C)[C@@]5(C)CC[C@@H]43)[C@H]2O)[C@H](O)[C@@H](O[C@@H]2OC[C@@H](O)[C@@H](O[C@@H]3O[C@H](CO)[C@H](O)[C@H](O)[C@H]3O)[C@@H]2O)[C@@H]1O[C@@H]1O[C@H](CO)[C@H](O)[C@H](O)[C@H]1O. The van der Waals surface area contributed by atoms with Crippen LogP contribution in [-0.4, -0.2) is 240 Å². The zero-order valence-corrected chi connectivity index (χ0v) is 43.9. The number of rotatable bonds is 18. The predicted molar refractivity (Wildman–Crippen MR) is 256 cm³/mol. The Labute approximate surface area is 441 Å². The molecule has 8 aliphatic rings. The van der Waals surface area contributed by atoms with Crippen molar-refractivity contribution < 1.29 is 119 Å². The summed E-state index contributed by atoms with van der Waals surface area (Å²) in [5.41, 5.74) is -0.0949. The van der Waals surface area contributed by atoms with Gasteiger partial charge in [-0.2, -0.15) is 0 Å². The van der Waals surface area contributed by atoms with Crippen molar-refractivity contribution in [2.75, 3.05) is 33.0 Å². The predicted octanol–water partition coefficient (Wildman–Crippen LogP) is -2.98. The fourth-order valence-corrected chi connectivity index (χ4v) is 14.3. The van der Waals surface area contributed by atoms with Crippen LogP contribution in [0.2, 0.25) is 0 Å². The van der Waals surface area contributed by atoms with Crippen LogP contribution in [0.4, 0.5) is 0 Å². The highest BCUT2D eigenvalue weighted by atomic mass is 16.8. The molecule has 4 saturated heterocycles. The number of aliphatic hydroxyl groups excluding tert-OH is 13. The minimum absolute atomic E-state index is 0.0226. The Morgan fingerprint density at radius 1 is 0.697 bits per heavy atom. The molecule has 28 atom stereocenters. The molecule has 0 radical (unpaired) electrons. The number of carbonyl (C=O) groups excluding carboxylic acids is 2. The molecule has 4 heterocycles. The van der Waals surface area contributed by atoms with Gasteiger partial charge in [0.25, 0.3) is 0 Å². The highest BCUT2D eigenvalue weighted by Crippen LogP contribution is 2.66. The van der Waals surface area contributed by atoms with Crippen molar-refractivity contribution in [1.82, 2.24) is 0 Å². The summed E-state index contributed by atoms with van der Waals surface area (Å²) in [7, 11) is 0. The van der Waals surface area contributed by atoms with Crippen molar-refractivity contribution in [3.8, 4) is 0 Å². The topological polar surface area (TPSA) is 380 Å². The van der Waals surface area contributed by atoms with E-state index in [0.29, 0.717) is 25.2 Å². The van der Waals surface area contributed by atoms with Crippen LogP contribution in [0, 0.1) is 46.3 Å². The van der Waals surface area contributed by atoms with Crippen LogP contribution in [0.15, 0.2) is 11.6 Å². The molecule has 436 valence electrons. The summed E-state index contributed by atoms with van der Waals surface area (Å²) in [6.45, 7) is 6.93. The summed E-state index contributed by atoms with van der Waals surface area (Å²) < 4.78 is 53.2. The molecule has 8 rings (SSSR count). The monoisotopic (exact) mass is 1090 g/mol. The van der Waals surface area contributed by atoms with Gasteiger partial charge >= 0.3 is 5.97 Å². The zero-order valence-electron chi connectivity index (χ0n) is 43.9. The van der Waals surface area contributed by atoms with Crippen LogP contribution in [-0.2, 0) is 52.2 Å². The molecular formula is C52H84O24. The average Bonchev–Trinajstić information content (AvgIpc) is 3.66. The maximum absolute atomic E-state index is 14.2. The first kappa shape index (κ1) is 60.1. The van der Waals surface area contributed by atoms with Crippen LogP contribution < -0.4 is 0 Å². The van der Waals surface area contributed by atoms with Crippen LogP contribution in [0.1, 0.15) is 92.4 Å². The number of hydrogen-bond donors (Lipinski definition) is 13. The molecule has 0 spiro atoms. The lowest BCUT2D eigenvalue weighted by molar-refractivity contribution is -0.392. The van der Waals surface area contributed by atoms with Gasteiger partial charge in [0, 0.05) is 25.9 Å². The summed E-state index contributed by atoms with van der Waals surface area (Å²) in [6.07, 6.45) is -28.0. The molecule has 24 heteroatoms. The third kappa shape index (κ3) is 11.6. The minimum Gasteiger partial charge on any atom is -0.463 e. The Morgan fingerprint density at radius 3 is 1.87 bits per heavy atom. The van der Waals surface area contributed by atoms with E-state index in [4.69, 9.17) is 42.6 Å². The number of esters is 1. The molecule has 13 N–H and O–H groups in total. The molecule has 0 unspecified atom stereocenters. The summed E-state index contributed by atoms with van der Waals surface area (Å²) in [4.78, 5) is 26.5. The molecule has 24 nitrogen and oxygen atoms in total. The van der Waals surface area contributed by atoms with Crippen molar-refractivity contribution in [2.45, 2.75) is 221 Å². The first-order valence-corrected chi connectivity index (χ1v) is 27.2. The third-order valence-electron chi connectivity index (χ3n) is 18.5. The maximum Gasteiger partial charge on any atom is 0.302 e. The van der Waals surface area contributed by atoms with Gasteiger partial charge in [0.05, 0.1) is 25.9 Å². The van der Waals surface area contributed by atoms with Crippen molar-refractivity contribution >= 4 is 11.8 Å². The number of ketones is 1.